The molecule has 0 radical (unpaired) electrons. The zero-order chi connectivity index (χ0) is 14.0. The molecule has 0 fully saturated rings. The van der Waals surface area contributed by atoms with Crippen LogP contribution >= 0.6 is 11.6 Å². The van der Waals surface area contributed by atoms with Gasteiger partial charge in [-0.2, -0.15) is 0 Å². The summed E-state index contributed by atoms with van der Waals surface area (Å²) in [6.07, 6.45) is 2.56. The van der Waals surface area contributed by atoms with Crippen LogP contribution in [-0.4, -0.2) is 32.0 Å². The summed E-state index contributed by atoms with van der Waals surface area (Å²) >= 11 is 5.94. The zero-order valence-electron chi connectivity index (χ0n) is 10.2. The Morgan fingerprint density at radius 1 is 1.37 bits per heavy atom. The molecule has 0 atom stereocenters. The second-order valence-corrected chi connectivity index (χ2v) is 6.84. The molecule has 0 aliphatic heterocycles. The van der Waals surface area contributed by atoms with E-state index in [9.17, 15) is 12.8 Å². The van der Waals surface area contributed by atoms with Gasteiger partial charge in [-0.25, -0.2) is 12.8 Å². The van der Waals surface area contributed by atoms with Gasteiger partial charge in [0.15, 0.2) is 5.82 Å². The molecule has 1 heterocycles. The SMILES string of the molecule is CS(=O)(=O)CCNc1ccc2c(Cl)ccnc2c1F. The summed E-state index contributed by atoms with van der Waals surface area (Å²) in [7, 11) is -3.08. The van der Waals surface area contributed by atoms with E-state index in [1.54, 1.807) is 12.1 Å². The highest BCUT2D eigenvalue weighted by Gasteiger charge is 2.11. The smallest absolute Gasteiger partial charge is 0.172 e. The molecule has 1 aromatic carbocycles. The van der Waals surface area contributed by atoms with E-state index in [4.69, 9.17) is 11.6 Å². The number of hydrogen-bond donors (Lipinski definition) is 1. The number of benzene rings is 1. The average Bonchev–Trinajstić information content (AvgIpc) is 2.31. The van der Waals surface area contributed by atoms with Crippen molar-refractivity contribution >= 4 is 38.0 Å². The van der Waals surface area contributed by atoms with Crippen LogP contribution in [0.15, 0.2) is 24.4 Å². The molecule has 1 N–H and O–H groups in total. The van der Waals surface area contributed by atoms with E-state index in [1.165, 1.54) is 12.3 Å². The molecular formula is C12H12ClFN2O2S. The summed E-state index contributed by atoms with van der Waals surface area (Å²) in [5.41, 5.74) is 0.378. The van der Waals surface area contributed by atoms with E-state index in [0.717, 1.165) is 6.26 Å². The first-order valence-corrected chi connectivity index (χ1v) is 7.96. The quantitative estimate of drug-likeness (QED) is 0.942. The lowest BCUT2D eigenvalue weighted by molar-refractivity contribution is 0.602. The van der Waals surface area contributed by atoms with Gasteiger partial charge in [-0.05, 0) is 18.2 Å². The van der Waals surface area contributed by atoms with Crippen molar-refractivity contribution in [2.24, 2.45) is 0 Å². The third-order valence-electron chi connectivity index (χ3n) is 2.59. The predicted octanol–water partition coefficient (Wildman–Crippen LogP) is 2.48. The Hall–Kier alpha value is -1.40. The number of sulfone groups is 1. The molecule has 1 aromatic heterocycles. The van der Waals surface area contributed by atoms with Crippen LogP contribution in [0.5, 0.6) is 0 Å². The Morgan fingerprint density at radius 2 is 2.11 bits per heavy atom. The van der Waals surface area contributed by atoms with Crippen molar-refractivity contribution in [2.45, 2.75) is 0 Å². The summed E-state index contributed by atoms with van der Waals surface area (Å²) < 4.78 is 36.1. The molecule has 2 aromatic rings. The lowest BCUT2D eigenvalue weighted by Crippen LogP contribution is -2.14. The van der Waals surface area contributed by atoms with Gasteiger partial charge in [0.1, 0.15) is 15.4 Å². The monoisotopic (exact) mass is 302 g/mol. The largest absolute Gasteiger partial charge is 0.382 e. The minimum atomic E-state index is -3.08. The standard InChI is InChI=1S/C12H12ClFN2O2S/c1-19(17,18)7-6-15-10-3-2-8-9(13)4-5-16-12(8)11(10)14/h2-5,15H,6-7H2,1H3. The summed E-state index contributed by atoms with van der Waals surface area (Å²) in [5.74, 6) is -0.596. The van der Waals surface area contributed by atoms with Crippen molar-refractivity contribution in [3.05, 3.63) is 35.2 Å². The average molecular weight is 303 g/mol. The van der Waals surface area contributed by atoms with Gasteiger partial charge in [-0.3, -0.25) is 4.98 Å². The highest BCUT2D eigenvalue weighted by molar-refractivity contribution is 7.90. The number of hydrogen-bond acceptors (Lipinski definition) is 4. The maximum absolute atomic E-state index is 14.1. The summed E-state index contributed by atoms with van der Waals surface area (Å²) in [6.45, 7) is 0.141. The molecule has 2 rings (SSSR count). The minimum absolute atomic E-state index is 0.0621. The molecular weight excluding hydrogens is 291 g/mol. The number of fused-ring (bicyclic) bond motifs is 1. The van der Waals surface area contributed by atoms with Gasteiger partial charge >= 0.3 is 0 Å². The molecule has 0 bridgehead atoms. The summed E-state index contributed by atoms with van der Waals surface area (Å²) in [5, 5.41) is 3.69. The molecule has 0 aliphatic carbocycles. The Morgan fingerprint density at radius 3 is 2.79 bits per heavy atom. The number of nitrogens with one attached hydrogen (secondary N) is 1. The van der Waals surface area contributed by atoms with Crippen molar-refractivity contribution < 1.29 is 12.8 Å². The minimum Gasteiger partial charge on any atom is -0.382 e. The molecule has 102 valence electrons. The Kier molecular flexibility index (Phi) is 3.91. The topological polar surface area (TPSA) is 59.1 Å². The molecule has 0 amide bonds. The number of anilines is 1. The third kappa shape index (κ3) is 3.33. The fraction of sp³-hybridized carbons (Fsp3) is 0.250. The van der Waals surface area contributed by atoms with Crippen LogP contribution in [0.2, 0.25) is 5.02 Å². The van der Waals surface area contributed by atoms with Crippen molar-refractivity contribution in [3.8, 4) is 0 Å². The van der Waals surface area contributed by atoms with Crippen LogP contribution in [0.4, 0.5) is 10.1 Å². The van der Waals surface area contributed by atoms with E-state index in [2.05, 4.69) is 10.3 Å². The number of pyridine rings is 1. The Bertz CT molecular complexity index is 719. The van der Waals surface area contributed by atoms with Gasteiger partial charge in [0.05, 0.1) is 16.5 Å². The Balaban J connectivity index is 2.28. The summed E-state index contributed by atoms with van der Waals surface area (Å²) in [6, 6.07) is 4.75. The fourth-order valence-corrected chi connectivity index (χ4v) is 2.34. The number of rotatable bonds is 4. The van der Waals surface area contributed by atoms with Crippen molar-refractivity contribution in [2.75, 3.05) is 23.9 Å². The Labute approximate surface area is 115 Å². The lowest BCUT2D eigenvalue weighted by atomic mass is 10.2. The van der Waals surface area contributed by atoms with Crippen LogP contribution in [0.3, 0.4) is 0 Å². The van der Waals surface area contributed by atoms with Crippen LogP contribution in [0.1, 0.15) is 0 Å². The fourth-order valence-electron chi connectivity index (χ4n) is 1.66. The molecule has 0 saturated heterocycles. The first-order valence-electron chi connectivity index (χ1n) is 5.53. The normalized spacial score (nSPS) is 11.7. The zero-order valence-corrected chi connectivity index (χ0v) is 11.7. The second kappa shape index (κ2) is 5.30. The molecule has 4 nitrogen and oxygen atoms in total. The van der Waals surface area contributed by atoms with Crippen LogP contribution in [0.25, 0.3) is 10.9 Å². The lowest BCUT2D eigenvalue weighted by Gasteiger charge is -2.09. The maximum atomic E-state index is 14.1. The third-order valence-corrected chi connectivity index (χ3v) is 3.86. The van der Waals surface area contributed by atoms with Crippen molar-refractivity contribution in [1.82, 2.24) is 4.98 Å². The number of aromatic nitrogens is 1. The number of nitrogens with zero attached hydrogens (tertiary/aromatic N) is 1. The van der Waals surface area contributed by atoms with E-state index in [-0.39, 0.29) is 23.5 Å². The molecule has 0 saturated carbocycles. The van der Waals surface area contributed by atoms with Crippen molar-refractivity contribution in [3.63, 3.8) is 0 Å². The summed E-state index contributed by atoms with van der Waals surface area (Å²) in [4.78, 5) is 3.94. The van der Waals surface area contributed by atoms with E-state index < -0.39 is 15.7 Å². The molecule has 0 aliphatic rings. The molecule has 0 spiro atoms. The van der Waals surface area contributed by atoms with Gasteiger partial charge in [0.25, 0.3) is 0 Å². The van der Waals surface area contributed by atoms with Crippen LogP contribution in [0, 0.1) is 5.82 Å². The number of halogens is 2. The van der Waals surface area contributed by atoms with Gasteiger partial charge in [0.2, 0.25) is 0 Å². The predicted molar refractivity (Wildman–Crippen MR) is 74.9 cm³/mol. The maximum Gasteiger partial charge on any atom is 0.172 e. The van der Waals surface area contributed by atoms with E-state index in [0.29, 0.717) is 10.4 Å². The molecule has 7 heteroatoms. The van der Waals surface area contributed by atoms with Gasteiger partial charge in [-0.1, -0.05) is 11.6 Å². The first kappa shape index (κ1) is 14.0. The van der Waals surface area contributed by atoms with Crippen LogP contribution < -0.4 is 5.32 Å². The first-order chi connectivity index (χ1) is 8.88. The molecule has 19 heavy (non-hydrogen) atoms. The molecule has 0 unspecified atom stereocenters. The van der Waals surface area contributed by atoms with Gasteiger partial charge in [-0.15, -0.1) is 0 Å². The van der Waals surface area contributed by atoms with Crippen molar-refractivity contribution in [1.29, 1.82) is 0 Å². The second-order valence-electron chi connectivity index (χ2n) is 4.17. The van der Waals surface area contributed by atoms with E-state index >= 15 is 0 Å². The highest BCUT2D eigenvalue weighted by atomic mass is 35.5. The van der Waals surface area contributed by atoms with Gasteiger partial charge < -0.3 is 5.32 Å². The van der Waals surface area contributed by atoms with Gasteiger partial charge in [0, 0.05) is 24.4 Å². The van der Waals surface area contributed by atoms with E-state index in [1.807, 2.05) is 0 Å². The van der Waals surface area contributed by atoms with Crippen LogP contribution in [-0.2, 0) is 9.84 Å². The highest BCUT2D eigenvalue weighted by Crippen LogP contribution is 2.27.